The molecule has 7 heteroatoms. The van der Waals surface area contributed by atoms with Crippen molar-refractivity contribution in [1.82, 2.24) is 10.4 Å². The van der Waals surface area contributed by atoms with Crippen molar-refractivity contribution in [2.24, 2.45) is 0 Å². The Kier molecular flexibility index (Phi) is 5.07. The van der Waals surface area contributed by atoms with Crippen LogP contribution in [0.15, 0.2) is 54.6 Å². The van der Waals surface area contributed by atoms with Crippen LogP contribution in [-0.2, 0) is 20.8 Å². The normalized spacial score (nSPS) is 12.7. The van der Waals surface area contributed by atoms with Gasteiger partial charge in [-0.25, -0.2) is 4.79 Å². The number of nitrogens with zero attached hydrogens (tertiary/aromatic N) is 1. The molecule has 2 aromatic rings. The van der Waals surface area contributed by atoms with Crippen molar-refractivity contribution in [3.8, 4) is 0 Å². The maximum atomic E-state index is 12.1. The van der Waals surface area contributed by atoms with Crippen LogP contribution in [0.2, 0.25) is 0 Å². The molecule has 0 spiro atoms. The van der Waals surface area contributed by atoms with Crippen molar-refractivity contribution in [2.75, 3.05) is 6.54 Å². The maximum absolute atomic E-state index is 12.1. The van der Waals surface area contributed by atoms with E-state index in [1.54, 1.807) is 12.1 Å². The molecule has 0 fully saturated rings. The summed E-state index contributed by atoms with van der Waals surface area (Å²) in [5.74, 6) is -3.85. The molecule has 1 aliphatic rings. The van der Waals surface area contributed by atoms with E-state index in [0.717, 1.165) is 12.0 Å². The Bertz CT molecular complexity index is 828. The highest BCUT2D eigenvalue weighted by Gasteiger charge is 2.39. The van der Waals surface area contributed by atoms with Crippen LogP contribution in [0, 0.1) is 0 Å². The summed E-state index contributed by atoms with van der Waals surface area (Å²) in [5, 5.41) is 2.73. The van der Waals surface area contributed by atoms with Gasteiger partial charge in [0.2, 0.25) is 0 Å². The Hall–Kier alpha value is -3.48. The fourth-order valence-corrected chi connectivity index (χ4v) is 2.59. The minimum Gasteiger partial charge on any atom is -0.346 e. The van der Waals surface area contributed by atoms with Crippen molar-refractivity contribution in [3.63, 3.8) is 0 Å². The first kappa shape index (κ1) is 17.3. The third-order valence-electron chi connectivity index (χ3n) is 3.89. The lowest BCUT2D eigenvalue weighted by Crippen LogP contribution is -2.40. The number of aryl methyl sites for hydroxylation is 1. The standard InChI is InChI=1S/C19H16N2O5/c22-16(20-12-6-9-13-7-2-1-3-8-13)19(25)26-21-17(23)14-10-4-5-11-15(14)18(21)24/h1-5,7-8,10-11H,6,9,12H2,(H,20,22). The zero-order valence-electron chi connectivity index (χ0n) is 13.8. The minimum atomic E-state index is -1.31. The van der Waals surface area contributed by atoms with E-state index < -0.39 is 23.7 Å². The zero-order valence-corrected chi connectivity index (χ0v) is 13.8. The van der Waals surface area contributed by atoms with Crippen molar-refractivity contribution in [3.05, 3.63) is 71.3 Å². The Morgan fingerprint density at radius 3 is 2.08 bits per heavy atom. The zero-order chi connectivity index (χ0) is 18.5. The van der Waals surface area contributed by atoms with Gasteiger partial charge in [0.05, 0.1) is 11.1 Å². The van der Waals surface area contributed by atoms with Crippen molar-refractivity contribution < 1.29 is 24.0 Å². The quantitative estimate of drug-likeness (QED) is 0.500. The lowest BCUT2D eigenvalue weighted by molar-refractivity contribution is -0.173. The Balaban J connectivity index is 1.48. The van der Waals surface area contributed by atoms with Crippen LogP contribution in [0.25, 0.3) is 0 Å². The highest BCUT2D eigenvalue weighted by atomic mass is 16.7. The second-order valence-electron chi connectivity index (χ2n) is 5.67. The summed E-state index contributed by atoms with van der Waals surface area (Å²) in [6.45, 7) is 0.269. The molecule has 0 saturated carbocycles. The smallest absolute Gasteiger partial charge is 0.346 e. The van der Waals surface area contributed by atoms with E-state index in [9.17, 15) is 19.2 Å². The number of benzene rings is 2. The number of imide groups is 1. The van der Waals surface area contributed by atoms with Crippen LogP contribution in [0.4, 0.5) is 0 Å². The number of amides is 3. The highest BCUT2D eigenvalue weighted by molar-refractivity contribution is 6.33. The van der Waals surface area contributed by atoms with E-state index in [1.165, 1.54) is 12.1 Å². The lowest BCUT2D eigenvalue weighted by Gasteiger charge is -2.12. The number of fused-ring (bicyclic) bond motifs is 1. The van der Waals surface area contributed by atoms with Crippen LogP contribution in [-0.4, -0.2) is 35.3 Å². The summed E-state index contributed by atoms with van der Waals surface area (Å²) in [6, 6.07) is 15.8. The Morgan fingerprint density at radius 1 is 0.885 bits per heavy atom. The summed E-state index contributed by atoms with van der Waals surface area (Å²) >= 11 is 0. The van der Waals surface area contributed by atoms with Crippen molar-refractivity contribution >= 4 is 23.7 Å². The number of carbonyl (C=O) groups excluding carboxylic acids is 4. The Labute approximate surface area is 149 Å². The van der Waals surface area contributed by atoms with E-state index in [2.05, 4.69) is 10.2 Å². The summed E-state index contributed by atoms with van der Waals surface area (Å²) in [7, 11) is 0. The number of hydroxylamine groups is 2. The molecule has 0 aromatic heterocycles. The van der Waals surface area contributed by atoms with Crippen molar-refractivity contribution in [1.29, 1.82) is 0 Å². The topological polar surface area (TPSA) is 92.8 Å². The molecular weight excluding hydrogens is 336 g/mol. The molecule has 26 heavy (non-hydrogen) atoms. The molecule has 0 bridgehead atoms. The molecule has 7 nitrogen and oxygen atoms in total. The van der Waals surface area contributed by atoms with Gasteiger partial charge in [-0.2, -0.15) is 0 Å². The molecule has 0 radical (unpaired) electrons. The van der Waals surface area contributed by atoms with Gasteiger partial charge in [-0.15, -0.1) is 0 Å². The van der Waals surface area contributed by atoms with E-state index in [-0.39, 0.29) is 17.7 Å². The monoisotopic (exact) mass is 352 g/mol. The van der Waals surface area contributed by atoms with E-state index in [4.69, 9.17) is 0 Å². The number of hydrogen-bond donors (Lipinski definition) is 1. The molecule has 2 aromatic carbocycles. The second-order valence-corrected chi connectivity index (χ2v) is 5.67. The molecule has 1 aliphatic heterocycles. The predicted molar refractivity (Wildman–Crippen MR) is 90.8 cm³/mol. The molecule has 1 N–H and O–H groups in total. The number of hydrogen-bond acceptors (Lipinski definition) is 5. The fourth-order valence-electron chi connectivity index (χ4n) is 2.59. The average molecular weight is 352 g/mol. The fraction of sp³-hybridized carbons (Fsp3) is 0.158. The molecule has 0 atom stereocenters. The molecule has 1 heterocycles. The first-order valence-corrected chi connectivity index (χ1v) is 8.10. The van der Waals surface area contributed by atoms with Crippen molar-refractivity contribution in [2.45, 2.75) is 12.8 Å². The molecule has 0 saturated heterocycles. The van der Waals surface area contributed by atoms with E-state index >= 15 is 0 Å². The molecule has 3 amide bonds. The summed E-state index contributed by atoms with van der Waals surface area (Å²) in [6.07, 6.45) is 1.38. The minimum absolute atomic E-state index is 0.133. The van der Waals surface area contributed by atoms with Gasteiger partial charge in [0.15, 0.2) is 0 Å². The van der Waals surface area contributed by atoms with Gasteiger partial charge in [-0.3, -0.25) is 14.4 Å². The molecule has 0 aliphatic carbocycles. The summed E-state index contributed by atoms with van der Waals surface area (Å²) < 4.78 is 0. The summed E-state index contributed by atoms with van der Waals surface area (Å²) in [5.41, 5.74) is 1.39. The third-order valence-corrected chi connectivity index (χ3v) is 3.89. The van der Waals surface area contributed by atoms with Gasteiger partial charge in [-0.1, -0.05) is 47.5 Å². The van der Waals surface area contributed by atoms with Gasteiger partial charge in [0, 0.05) is 6.54 Å². The largest absolute Gasteiger partial charge is 0.421 e. The number of rotatable bonds is 5. The van der Waals surface area contributed by atoms with E-state index in [0.29, 0.717) is 11.5 Å². The van der Waals surface area contributed by atoms with Gasteiger partial charge in [0.1, 0.15) is 0 Å². The number of nitrogens with one attached hydrogen (secondary N) is 1. The first-order valence-electron chi connectivity index (χ1n) is 8.10. The van der Waals surface area contributed by atoms with Crippen LogP contribution in [0.5, 0.6) is 0 Å². The van der Waals surface area contributed by atoms with Crippen LogP contribution >= 0.6 is 0 Å². The predicted octanol–water partition coefficient (Wildman–Crippen LogP) is 1.49. The SMILES string of the molecule is O=C(NCCCc1ccccc1)C(=O)ON1C(=O)c2ccccc2C1=O. The molecule has 132 valence electrons. The van der Waals surface area contributed by atoms with Gasteiger partial charge < -0.3 is 10.2 Å². The molecule has 0 unspecified atom stereocenters. The lowest BCUT2D eigenvalue weighted by atomic mass is 10.1. The Morgan fingerprint density at radius 2 is 1.46 bits per heavy atom. The first-order chi connectivity index (χ1) is 12.6. The average Bonchev–Trinajstić information content (AvgIpc) is 2.91. The van der Waals surface area contributed by atoms with Gasteiger partial charge in [0.25, 0.3) is 11.8 Å². The third kappa shape index (κ3) is 3.61. The van der Waals surface area contributed by atoms with E-state index in [1.807, 2.05) is 30.3 Å². The number of carbonyl (C=O) groups is 4. The molecule has 3 rings (SSSR count). The maximum Gasteiger partial charge on any atom is 0.421 e. The van der Waals surface area contributed by atoms with Crippen LogP contribution in [0.1, 0.15) is 32.7 Å². The van der Waals surface area contributed by atoms with Gasteiger partial charge in [-0.05, 0) is 30.5 Å². The second kappa shape index (κ2) is 7.60. The van der Waals surface area contributed by atoms with Crippen LogP contribution in [0.3, 0.4) is 0 Å². The highest BCUT2D eigenvalue weighted by Crippen LogP contribution is 2.22. The summed E-state index contributed by atoms with van der Waals surface area (Å²) in [4.78, 5) is 52.5. The van der Waals surface area contributed by atoms with Gasteiger partial charge >= 0.3 is 11.9 Å². The molecular formula is C19H16N2O5. The van der Waals surface area contributed by atoms with Crippen LogP contribution < -0.4 is 5.32 Å².